The van der Waals surface area contributed by atoms with Crippen LogP contribution in [0.15, 0.2) is 46.7 Å². The highest BCUT2D eigenvalue weighted by molar-refractivity contribution is 7.89. The van der Waals surface area contributed by atoms with Crippen LogP contribution in [0.25, 0.3) is 0 Å². The molecule has 0 fully saturated rings. The number of rotatable bonds is 7. The van der Waals surface area contributed by atoms with E-state index in [1.807, 2.05) is 24.4 Å². The molecule has 21 heavy (non-hydrogen) atoms. The van der Waals surface area contributed by atoms with Crippen LogP contribution in [0, 0.1) is 0 Å². The summed E-state index contributed by atoms with van der Waals surface area (Å²) in [7, 11) is -3.56. The summed E-state index contributed by atoms with van der Waals surface area (Å²) in [6.45, 7) is 1.94. The second-order valence-corrected chi connectivity index (χ2v) is 7.47. The van der Waals surface area contributed by atoms with Crippen LogP contribution in [0.1, 0.15) is 36.2 Å². The van der Waals surface area contributed by atoms with Crippen LogP contribution in [0.5, 0.6) is 0 Å². The van der Waals surface area contributed by atoms with E-state index >= 15 is 0 Å². The zero-order valence-corrected chi connectivity index (χ0v) is 13.5. The van der Waals surface area contributed by atoms with Gasteiger partial charge in [-0.05, 0) is 35.6 Å². The lowest BCUT2D eigenvalue weighted by Gasteiger charge is -2.17. The number of sulfonamides is 1. The molecule has 2 N–H and O–H groups in total. The minimum atomic E-state index is -3.56. The normalized spacial score (nSPS) is 13.2. The van der Waals surface area contributed by atoms with Crippen LogP contribution in [0.4, 0.5) is 0 Å². The van der Waals surface area contributed by atoms with Gasteiger partial charge in [0.15, 0.2) is 0 Å². The maximum Gasteiger partial charge on any atom is 0.241 e. The quantitative estimate of drug-likeness (QED) is 0.822. The molecule has 2 rings (SSSR count). The number of nitrogens with one attached hydrogen (secondary N) is 1. The average molecular weight is 325 g/mol. The molecule has 0 aliphatic heterocycles. The molecule has 1 aromatic carbocycles. The van der Waals surface area contributed by atoms with Gasteiger partial charge in [0.2, 0.25) is 10.0 Å². The predicted octanol–water partition coefficient (Wildman–Crippen LogP) is 3.06. The Morgan fingerprint density at radius 2 is 1.95 bits per heavy atom. The van der Waals surface area contributed by atoms with Crippen molar-refractivity contribution in [1.82, 2.24) is 4.72 Å². The van der Waals surface area contributed by atoms with Gasteiger partial charge < -0.3 is 5.11 Å². The van der Waals surface area contributed by atoms with Crippen LogP contribution in [-0.4, -0.2) is 13.5 Å². The molecule has 1 unspecified atom stereocenters. The van der Waals surface area contributed by atoms with Crippen LogP contribution < -0.4 is 4.72 Å². The standard InChI is InChI=1S/C15H19NO3S2/c1-2-4-14(15-5-3-10-20-15)16-21(18,19)13-8-6-12(11-17)7-9-13/h3,5-10,14,16-17H,2,4,11H2,1H3. The molecule has 114 valence electrons. The average Bonchev–Trinajstić information content (AvgIpc) is 3.01. The van der Waals surface area contributed by atoms with E-state index in [4.69, 9.17) is 5.11 Å². The van der Waals surface area contributed by atoms with Crippen molar-refractivity contribution in [3.63, 3.8) is 0 Å². The molecular weight excluding hydrogens is 306 g/mol. The first-order valence-corrected chi connectivity index (χ1v) is 9.18. The third-order valence-electron chi connectivity index (χ3n) is 3.18. The molecule has 0 bridgehead atoms. The first kappa shape index (κ1) is 16.2. The van der Waals surface area contributed by atoms with Gasteiger partial charge in [-0.25, -0.2) is 13.1 Å². The van der Waals surface area contributed by atoms with E-state index in [1.54, 1.807) is 23.5 Å². The summed E-state index contributed by atoms with van der Waals surface area (Å²) in [6, 6.07) is 9.95. The van der Waals surface area contributed by atoms with Gasteiger partial charge >= 0.3 is 0 Å². The van der Waals surface area contributed by atoms with Gasteiger partial charge in [0, 0.05) is 4.88 Å². The smallest absolute Gasteiger partial charge is 0.241 e. The van der Waals surface area contributed by atoms with Gasteiger partial charge in [0.1, 0.15) is 0 Å². The van der Waals surface area contributed by atoms with E-state index in [0.717, 1.165) is 17.7 Å². The number of hydrogen-bond acceptors (Lipinski definition) is 4. The molecule has 4 nitrogen and oxygen atoms in total. The van der Waals surface area contributed by atoms with Crippen LogP contribution >= 0.6 is 11.3 Å². The maximum absolute atomic E-state index is 12.4. The number of benzene rings is 1. The Balaban J connectivity index is 2.21. The summed E-state index contributed by atoms with van der Waals surface area (Å²) in [4.78, 5) is 1.24. The lowest BCUT2D eigenvalue weighted by Crippen LogP contribution is -2.28. The van der Waals surface area contributed by atoms with Crippen molar-refractivity contribution in [1.29, 1.82) is 0 Å². The fourth-order valence-corrected chi connectivity index (χ4v) is 4.20. The minimum Gasteiger partial charge on any atom is -0.392 e. The van der Waals surface area contributed by atoms with Gasteiger partial charge in [-0.1, -0.05) is 31.5 Å². The Morgan fingerprint density at radius 3 is 2.48 bits per heavy atom. The Kier molecular flexibility index (Phi) is 5.52. The molecule has 0 spiro atoms. The monoisotopic (exact) mass is 325 g/mol. The van der Waals surface area contributed by atoms with Crippen molar-refractivity contribution in [2.45, 2.75) is 37.3 Å². The number of thiophene rings is 1. The summed E-state index contributed by atoms with van der Waals surface area (Å²) in [6.07, 6.45) is 1.66. The Hall–Kier alpha value is -1.21. The highest BCUT2D eigenvalue weighted by Crippen LogP contribution is 2.25. The SMILES string of the molecule is CCCC(NS(=O)(=O)c1ccc(CO)cc1)c1cccs1. The fourth-order valence-electron chi connectivity index (χ4n) is 2.07. The van der Waals surface area contributed by atoms with Crippen molar-refractivity contribution >= 4 is 21.4 Å². The molecule has 0 aliphatic rings. The first-order valence-electron chi connectivity index (χ1n) is 6.82. The van der Waals surface area contributed by atoms with E-state index in [2.05, 4.69) is 4.72 Å². The lowest BCUT2D eigenvalue weighted by atomic mass is 10.1. The van der Waals surface area contributed by atoms with Crippen molar-refractivity contribution in [2.24, 2.45) is 0 Å². The van der Waals surface area contributed by atoms with E-state index in [-0.39, 0.29) is 17.5 Å². The molecule has 0 radical (unpaired) electrons. The highest BCUT2D eigenvalue weighted by Gasteiger charge is 2.21. The molecule has 0 amide bonds. The molecule has 0 saturated carbocycles. The molecule has 1 heterocycles. The number of aliphatic hydroxyl groups is 1. The van der Waals surface area contributed by atoms with Crippen molar-refractivity contribution in [3.05, 3.63) is 52.2 Å². The van der Waals surface area contributed by atoms with Gasteiger partial charge in [-0.3, -0.25) is 0 Å². The van der Waals surface area contributed by atoms with Crippen molar-refractivity contribution in [2.75, 3.05) is 0 Å². The Bertz CT molecular complexity index is 649. The highest BCUT2D eigenvalue weighted by atomic mass is 32.2. The summed E-state index contributed by atoms with van der Waals surface area (Å²) in [5.74, 6) is 0. The molecule has 1 aromatic heterocycles. The van der Waals surface area contributed by atoms with E-state index < -0.39 is 10.0 Å². The van der Waals surface area contributed by atoms with Gasteiger partial charge in [0.05, 0.1) is 17.5 Å². The Morgan fingerprint density at radius 1 is 1.24 bits per heavy atom. The van der Waals surface area contributed by atoms with Gasteiger partial charge in [-0.15, -0.1) is 11.3 Å². The Labute approximate surface area is 129 Å². The molecular formula is C15H19NO3S2. The zero-order valence-electron chi connectivity index (χ0n) is 11.8. The first-order chi connectivity index (χ1) is 10.1. The van der Waals surface area contributed by atoms with Crippen LogP contribution in [-0.2, 0) is 16.6 Å². The second kappa shape index (κ2) is 7.17. The fraction of sp³-hybridized carbons (Fsp3) is 0.333. The minimum absolute atomic E-state index is 0.0958. The van der Waals surface area contributed by atoms with Gasteiger partial charge in [0.25, 0.3) is 0 Å². The second-order valence-electron chi connectivity index (χ2n) is 4.78. The van der Waals surface area contributed by atoms with Gasteiger partial charge in [-0.2, -0.15) is 0 Å². The number of hydrogen-bond donors (Lipinski definition) is 2. The molecule has 1 atom stereocenters. The molecule has 0 saturated heterocycles. The molecule has 6 heteroatoms. The molecule has 2 aromatic rings. The van der Waals surface area contributed by atoms with Crippen molar-refractivity contribution in [3.8, 4) is 0 Å². The van der Waals surface area contributed by atoms with Crippen LogP contribution in [0.2, 0.25) is 0 Å². The third-order valence-corrected chi connectivity index (χ3v) is 5.65. The third kappa shape index (κ3) is 4.14. The summed E-state index contributed by atoms with van der Waals surface area (Å²) < 4.78 is 27.7. The van der Waals surface area contributed by atoms with E-state index in [0.29, 0.717) is 5.56 Å². The maximum atomic E-state index is 12.4. The van der Waals surface area contributed by atoms with E-state index in [9.17, 15) is 8.42 Å². The number of aliphatic hydroxyl groups excluding tert-OH is 1. The summed E-state index contributed by atoms with van der Waals surface area (Å²) >= 11 is 1.55. The predicted molar refractivity (Wildman–Crippen MR) is 84.7 cm³/mol. The van der Waals surface area contributed by atoms with Crippen LogP contribution in [0.3, 0.4) is 0 Å². The summed E-state index contributed by atoms with van der Waals surface area (Å²) in [5, 5.41) is 11.0. The van der Waals surface area contributed by atoms with E-state index in [1.165, 1.54) is 12.1 Å². The topological polar surface area (TPSA) is 66.4 Å². The molecule has 0 aliphatic carbocycles. The lowest BCUT2D eigenvalue weighted by molar-refractivity contribution is 0.282. The zero-order chi connectivity index (χ0) is 15.3. The van der Waals surface area contributed by atoms with Crippen molar-refractivity contribution < 1.29 is 13.5 Å². The largest absolute Gasteiger partial charge is 0.392 e. The summed E-state index contributed by atoms with van der Waals surface area (Å²) in [5.41, 5.74) is 0.692.